The second kappa shape index (κ2) is 9.17. The van der Waals surface area contributed by atoms with Crippen molar-refractivity contribution in [3.8, 4) is 0 Å². The number of anilines is 1. The molecule has 5 rings (SSSR count). The molecule has 1 aromatic carbocycles. The minimum Gasteiger partial charge on any atom is -0.370 e. The van der Waals surface area contributed by atoms with Crippen molar-refractivity contribution in [3.05, 3.63) is 59.8 Å². The van der Waals surface area contributed by atoms with Gasteiger partial charge in [0.2, 0.25) is 0 Å². The Morgan fingerprint density at radius 3 is 2.56 bits per heavy atom. The molecule has 1 saturated heterocycles. The van der Waals surface area contributed by atoms with Crippen LogP contribution in [0.25, 0.3) is 0 Å². The van der Waals surface area contributed by atoms with E-state index in [4.69, 9.17) is 4.98 Å². The number of piperidine rings is 1. The van der Waals surface area contributed by atoms with E-state index in [1.165, 1.54) is 70.0 Å². The smallest absolute Gasteiger partial charge is 0.125 e. The van der Waals surface area contributed by atoms with Crippen LogP contribution in [0.4, 0.5) is 5.82 Å². The highest BCUT2D eigenvalue weighted by molar-refractivity contribution is 5.36. The van der Waals surface area contributed by atoms with Gasteiger partial charge in [-0.05, 0) is 97.9 Å². The summed E-state index contributed by atoms with van der Waals surface area (Å²) in [6, 6.07) is 15.9. The summed E-state index contributed by atoms with van der Waals surface area (Å²) in [4.78, 5) is 7.35. The number of benzene rings is 1. The molecule has 3 nitrogen and oxygen atoms in total. The summed E-state index contributed by atoms with van der Waals surface area (Å²) >= 11 is 0. The van der Waals surface area contributed by atoms with E-state index in [9.17, 15) is 0 Å². The quantitative estimate of drug-likeness (QED) is 0.555. The molecule has 0 amide bonds. The van der Waals surface area contributed by atoms with Crippen molar-refractivity contribution in [2.45, 2.75) is 77.2 Å². The first-order valence-electron chi connectivity index (χ1n) is 13.0. The highest BCUT2D eigenvalue weighted by Gasteiger charge is 2.50. The molecule has 4 unspecified atom stereocenters. The molecular formula is C29H41N3. The van der Waals surface area contributed by atoms with Gasteiger partial charge in [0.05, 0.1) is 0 Å². The van der Waals surface area contributed by atoms with E-state index in [2.05, 4.69) is 72.7 Å². The number of hydrogen-bond acceptors (Lipinski definition) is 3. The standard InChI is InChI=1S/C29H41N3/c1-23-15-25-17-28(2,21-29(16-23,18-25)26-9-5-3-6-10-26)22-31-27-12-11-24(19-30-27)20-32-13-7-4-8-14-32/h3,5-6,9-12,19,23,25H,4,7-8,13-18,20-22H2,1-2H3,(H,30,31). The zero-order chi connectivity index (χ0) is 22.0. The maximum atomic E-state index is 4.78. The number of hydrogen-bond donors (Lipinski definition) is 1. The average Bonchev–Trinajstić information content (AvgIpc) is 2.79. The number of nitrogens with one attached hydrogen (secondary N) is 1. The van der Waals surface area contributed by atoms with Crippen molar-refractivity contribution in [2.75, 3.05) is 25.0 Å². The van der Waals surface area contributed by atoms with Gasteiger partial charge in [0.15, 0.2) is 0 Å². The normalized spacial score (nSPS) is 33.1. The third kappa shape index (κ3) is 4.88. The van der Waals surface area contributed by atoms with Crippen LogP contribution in [-0.4, -0.2) is 29.5 Å². The molecule has 0 radical (unpaired) electrons. The number of pyridine rings is 1. The minimum absolute atomic E-state index is 0.313. The fourth-order valence-electron chi connectivity index (χ4n) is 7.49. The van der Waals surface area contributed by atoms with E-state index in [-0.39, 0.29) is 0 Å². The molecule has 4 atom stereocenters. The summed E-state index contributed by atoms with van der Waals surface area (Å²) in [5, 5.41) is 3.73. The molecule has 2 aliphatic carbocycles. The molecule has 32 heavy (non-hydrogen) atoms. The van der Waals surface area contributed by atoms with E-state index in [0.29, 0.717) is 10.8 Å². The number of rotatable bonds is 6. The first-order valence-corrected chi connectivity index (χ1v) is 13.0. The molecule has 1 N–H and O–H groups in total. The van der Waals surface area contributed by atoms with Crippen molar-refractivity contribution < 1.29 is 0 Å². The first kappa shape index (κ1) is 21.9. The van der Waals surface area contributed by atoms with Crippen LogP contribution in [0.1, 0.15) is 76.3 Å². The second-order valence-electron chi connectivity index (χ2n) is 11.7. The molecular weight excluding hydrogens is 390 g/mol. The van der Waals surface area contributed by atoms with Crippen molar-refractivity contribution in [1.29, 1.82) is 0 Å². The fraction of sp³-hybridized carbons (Fsp3) is 0.621. The third-order valence-corrected chi connectivity index (χ3v) is 8.46. The van der Waals surface area contributed by atoms with Crippen molar-refractivity contribution in [2.24, 2.45) is 17.3 Å². The van der Waals surface area contributed by atoms with Gasteiger partial charge in [-0.15, -0.1) is 0 Å². The molecule has 2 aromatic rings. The SMILES string of the molecule is CC1CC2CC(C)(CNc3ccc(CN4CCCCC4)cn3)CC(c3ccccc3)(C1)C2. The average molecular weight is 432 g/mol. The Kier molecular flexibility index (Phi) is 6.29. The Hall–Kier alpha value is -1.87. The largest absolute Gasteiger partial charge is 0.370 e. The lowest BCUT2D eigenvalue weighted by atomic mass is 9.50. The number of aromatic nitrogens is 1. The van der Waals surface area contributed by atoms with Gasteiger partial charge in [-0.25, -0.2) is 4.98 Å². The number of nitrogens with zero attached hydrogens (tertiary/aromatic N) is 2. The van der Waals surface area contributed by atoms with Gasteiger partial charge in [-0.2, -0.15) is 0 Å². The summed E-state index contributed by atoms with van der Waals surface area (Å²) in [5.41, 5.74) is 3.58. The Labute approximate surface area is 195 Å². The van der Waals surface area contributed by atoms with Crippen molar-refractivity contribution in [1.82, 2.24) is 9.88 Å². The van der Waals surface area contributed by atoms with Crippen LogP contribution in [0, 0.1) is 17.3 Å². The minimum atomic E-state index is 0.313. The van der Waals surface area contributed by atoms with Gasteiger partial charge < -0.3 is 5.32 Å². The van der Waals surface area contributed by atoms with Crippen LogP contribution < -0.4 is 5.32 Å². The molecule has 2 heterocycles. The summed E-state index contributed by atoms with van der Waals surface area (Å²) in [7, 11) is 0. The van der Waals surface area contributed by atoms with Gasteiger partial charge in [0.25, 0.3) is 0 Å². The first-order chi connectivity index (χ1) is 15.5. The van der Waals surface area contributed by atoms with E-state index >= 15 is 0 Å². The van der Waals surface area contributed by atoms with Crippen LogP contribution in [-0.2, 0) is 12.0 Å². The van der Waals surface area contributed by atoms with E-state index < -0.39 is 0 Å². The maximum absolute atomic E-state index is 4.78. The van der Waals surface area contributed by atoms with Crippen LogP contribution in [0.5, 0.6) is 0 Å². The van der Waals surface area contributed by atoms with Crippen LogP contribution in [0.3, 0.4) is 0 Å². The number of fused-ring (bicyclic) bond motifs is 2. The lowest BCUT2D eigenvalue weighted by molar-refractivity contribution is 0.0274. The molecule has 1 aliphatic heterocycles. The molecule has 3 aliphatic rings. The molecule has 1 aromatic heterocycles. The van der Waals surface area contributed by atoms with E-state index in [1.54, 1.807) is 5.56 Å². The Morgan fingerprint density at radius 2 is 1.81 bits per heavy atom. The van der Waals surface area contributed by atoms with E-state index in [1.807, 2.05) is 0 Å². The molecule has 172 valence electrons. The summed E-state index contributed by atoms with van der Waals surface area (Å²) in [6.45, 7) is 9.53. The summed E-state index contributed by atoms with van der Waals surface area (Å²) in [5.74, 6) is 2.71. The molecule has 2 bridgehead atoms. The summed E-state index contributed by atoms with van der Waals surface area (Å²) < 4.78 is 0. The summed E-state index contributed by atoms with van der Waals surface area (Å²) in [6.07, 6.45) is 12.9. The monoisotopic (exact) mass is 431 g/mol. The predicted octanol–water partition coefficient (Wildman–Crippen LogP) is 6.65. The molecule has 2 saturated carbocycles. The molecule has 3 fully saturated rings. The predicted molar refractivity (Wildman–Crippen MR) is 134 cm³/mol. The van der Waals surface area contributed by atoms with Gasteiger partial charge in [-0.3, -0.25) is 4.90 Å². The third-order valence-electron chi connectivity index (χ3n) is 8.46. The lowest BCUT2D eigenvalue weighted by Crippen LogP contribution is -2.48. The zero-order valence-electron chi connectivity index (χ0n) is 20.2. The van der Waals surface area contributed by atoms with Gasteiger partial charge in [0, 0.05) is 19.3 Å². The number of likely N-dealkylation sites (tertiary alicyclic amines) is 1. The Bertz CT molecular complexity index is 869. The van der Waals surface area contributed by atoms with Crippen molar-refractivity contribution >= 4 is 5.82 Å². The highest BCUT2D eigenvalue weighted by atomic mass is 15.1. The van der Waals surface area contributed by atoms with Gasteiger partial charge in [0.1, 0.15) is 5.82 Å². The highest BCUT2D eigenvalue weighted by Crippen LogP contribution is 2.57. The Balaban J connectivity index is 1.25. The van der Waals surface area contributed by atoms with Crippen LogP contribution in [0.2, 0.25) is 0 Å². The van der Waals surface area contributed by atoms with Crippen molar-refractivity contribution in [3.63, 3.8) is 0 Å². The van der Waals surface area contributed by atoms with Gasteiger partial charge >= 0.3 is 0 Å². The van der Waals surface area contributed by atoms with Crippen LogP contribution >= 0.6 is 0 Å². The van der Waals surface area contributed by atoms with Crippen LogP contribution in [0.15, 0.2) is 48.7 Å². The maximum Gasteiger partial charge on any atom is 0.125 e. The second-order valence-corrected chi connectivity index (χ2v) is 11.7. The van der Waals surface area contributed by atoms with E-state index in [0.717, 1.165) is 30.7 Å². The Morgan fingerprint density at radius 1 is 1.00 bits per heavy atom. The molecule has 0 spiro atoms. The fourth-order valence-corrected chi connectivity index (χ4v) is 7.49. The zero-order valence-corrected chi connectivity index (χ0v) is 20.2. The topological polar surface area (TPSA) is 28.2 Å². The molecule has 3 heteroatoms. The van der Waals surface area contributed by atoms with Gasteiger partial charge in [-0.1, -0.05) is 56.7 Å². The lowest BCUT2D eigenvalue weighted by Gasteiger charge is -2.55.